The summed E-state index contributed by atoms with van der Waals surface area (Å²) in [6.45, 7) is 0. The largest absolute Gasteiger partial charge is 0.481 e. The number of hydrogen-bond donors (Lipinski definition) is 4. The lowest BCUT2D eigenvalue weighted by Gasteiger charge is -2.65. The quantitative estimate of drug-likeness (QED) is 0.558. The summed E-state index contributed by atoms with van der Waals surface area (Å²) in [4.78, 5) is 48.0. The van der Waals surface area contributed by atoms with Crippen molar-refractivity contribution in [2.75, 3.05) is 0 Å². The van der Waals surface area contributed by atoms with E-state index in [9.17, 15) is 39.6 Å². The van der Waals surface area contributed by atoms with Crippen LogP contribution in [0.15, 0.2) is 23.3 Å². The van der Waals surface area contributed by atoms with Gasteiger partial charge < -0.3 is 20.4 Å². The SMILES string of the molecule is O=C(O)C1=CC(C(=O)O)(C23CC4CC(CC(C(=O)O)(C4)C2)C3)CC(C(=O)O)=C1. The second-order valence-corrected chi connectivity index (χ2v) is 9.16. The first kappa shape index (κ1) is 18.7. The fraction of sp³-hybridized carbons (Fsp3) is 0.600. The zero-order chi connectivity index (χ0) is 20.5. The van der Waals surface area contributed by atoms with E-state index in [4.69, 9.17) is 0 Å². The average molecular weight is 390 g/mol. The summed E-state index contributed by atoms with van der Waals surface area (Å²) in [6.07, 6.45) is 4.85. The first-order chi connectivity index (χ1) is 13.0. The molecule has 0 aromatic carbocycles. The van der Waals surface area contributed by atoms with Gasteiger partial charge in [-0.05, 0) is 68.3 Å². The number of hydrogen-bond acceptors (Lipinski definition) is 4. The van der Waals surface area contributed by atoms with Crippen LogP contribution in [0.1, 0.15) is 44.9 Å². The van der Waals surface area contributed by atoms with Crippen molar-refractivity contribution in [2.24, 2.45) is 28.1 Å². The molecule has 5 rings (SSSR count). The molecule has 0 amide bonds. The van der Waals surface area contributed by atoms with E-state index in [1.54, 1.807) is 0 Å². The summed E-state index contributed by atoms with van der Waals surface area (Å²) < 4.78 is 0. The number of carboxylic acid groups (broad SMARTS) is 4. The maximum Gasteiger partial charge on any atom is 0.335 e. The maximum atomic E-state index is 12.6. The monoisotopic (exact) mass is 390 g/mol. The van der Waals surface area contributed by atoms with Crippen molar-refractivity contribution in [1.29, 1.82) is 0 Å². The Kier molecular flexibility index (Phi) is 3.80. The topological polar surface area (TPSA) is 149 Å². The minimum atomic E-state index is -1.73. The fourth-order valence-electron chi connectivity index (χ4n) is 6.90. The molecule has 0 aliphatic heterocycles. The molecule has 5 aliphatic carbocycles. The lowest BCUT2D eigenvalue weighted by molar-refractivity contribution is -0.198. The Labute approximate surface area is 160 Å². The highest BCUT2D eigenvalue weighted by molar-refractivity contribution is 5.98. The normalized spacial score (nSPS) is 41.1. The van der Waals surface area contributed by atoms with E-state index in [0.717, 1.165) is 12.5 Å². The van der Waals surface area contributed by atoms with Crippen LogP contribution in [0.5, 0.6) is 0 Å². The van der Waals surface area contributed by atoms with E-state index >= 15 is 0 Å². The molecule has 0 saturated heterocycles. The predicted molar refractivity (Wildman–Crippen MR) is 93.3 cm³/mol. The Morgan fingerprint density at radius 1 is 0.857 bits per heavy atom. The molecule has 3 atom stereocenters. The van der Waals surface area contributed by atoms with Gasteiger partial charge in [0.2, 0.25) is 0 Å². The van der Waals surface area contributed by atoms with Gasteiger partial charge in [-0.15, -0.1) is 0 Å². The third-order valence-electron chi connectivity index (χ3n) is 7.57. The summed E-state index contributed by atoms with van der Waals surface area (Å²) in [5, 5.41) is 39.2. The number of carboxylic acids is 4. The van der Waals surface area contributed by atoms with E-state index in [2.05, 4.69) is 0 Å². The Balaban J connectivity index is 1.90. The minimum Gasteiger partial charge on any atom is -0.481 e. The molecule has 4 saturated carbocycles. The van der Waals surface area contributed by atoms with Gasteiger partial charge in [0.1, 0.15) is 0 Å². The van der Waals surface area contributed by atoms with Crippen LogP contribution in [-0.2, 0) is 19.2 Å². The van der Waals surface area contributed by atoms with Gasteiger partial charge in [-0.1, -0.05) is 6.08 Å². The fourth-order valence-corrected chi connectivity index (χ4v) is 6.90. The standard InChI is InChI=1S/C20H22O8/c21-14(22)12-2-13(15(23)24)8-20(7-12,17(27)28)19-5-10-1-11(6-19)4-18(3-10,9-19)16(25)26/h2,7,10-11H,1,3-6,8-9H2,(H,21,22)(H,23,24)(H,25,26)(H,27,28). The highest BCUT2D eigenvalue weighted by atomic mass is 16.4. The molecule has 5 aliphatic rings. The van der Waals surface area contributed by atoms with Gasteiger partial charge >= 0.3 is 23.9 Å². The van der Waals surface area contributed by atoms with Crippen LogP contribution in [0.4, 0.5) is 0 Å². The van der Waals surface area contributed by atoms with Crippen LogP contribution in [0.3, 0.4) is 0 Å². The predicted octanol–water partition coefficient (Wildman–Crippen LogP) is 2.15. The van der Waals surface area contributed by atoms with Gasteiger partial charge in [0, 0.05) is 5.57 Å². The van der Waals surface area contributed by atoms with Gasteiger partial charge in [0.15, 0.2) is 0 Å². The van der Waals surface area contributed by atoms with Crippen molar-refractivity contribution in [2.45, 2.75) is 44.9 Å². The second kappa shape index (κ2) is 5.68. The molecule has 8 heteroatoms. The third kappa shape index (κ3) is 2.36. The molecule has 0 radical (unpaired) electrons. The number of rotatable bonds is 5. The van der Waals surface area contributed by atoms with Crippen molar-refractivity contribution >= 4 is 23.9 Å². The van der Waals surface area contributed by atoms with Gasteiger partial charge in [-0.3, -0.25) is 9.59 Å². The molecule has 8 nitrogen and oxygen atoms in total. The van der Waals surface area contributed by atoms with E-state index in [1.165, 1.54) is 6.08 Å². The molecule has 0 aromatic rings. The van der Waals surface area contributed by atoms with Crippen molar-refractivity contribution in [1.82, 2.24) is 0 Å². The van der Waals surface area contributed by atoms with Crippen LogP contribution in [0.2, 0.25) is 0 Å². The molecule has 4 bridgehead atoms. The van der Waals surface area contributed by atoms with E-state index in [-0.39, 0.29) is 35.8 Å². The van der Waals surface area contributed by atoms with Crippen molar-refractivity contribution in [3.8, 4) is 0 Å². The van der Waals surface area contributed by atoms with Crippen LogP contribution in [-0.4, -0.2) is 44.3 Å². The first-order valence-electron chi connectivity index (χ1n) is 9.39. The molecule has 4 N–H and O–H groups in total. The highest BCUT2D eigenvalue weighted by Crippen LogP contribution is 2.71. The number of aliphatic carboxylic acids is 4. The van der Waals surface area contributed by atoms with Gasteiger partial charge in [-0.25, -0.2) is 9.59 Å². The summed E-state index contributed by atoms with van der Waals surface area (Å²) >= 11 is 0. The zero-order valence-corrected chi connectivity index (χ0v) is 15.2. The molecule has 28 heavy (non-hydrogen) atoms. The third-order valence-corrected chi connectivity index (χ3v) is 7.57. The molecular formula is C20H22O8. The Hall–Kier alpha value is -2.64. The lowest BCUT2D eigenvalue weighted by atomic mass is 9.37. The highest BCUT2D eigenvalue weighted by Gasteiger charge is 2.69. The summed E-state index contributed by atoms with van der Waals surface area (Å²) in [5.74, 6) is -4.82. The van der Waals surface area contributed by atoms with E-state index < -0.39 is 40.1 Å². The summed E-state index contributed by atoms with van der Waals surface area (Å²) in [5.41, 5.74) is -4.32. The Morgan fingerprint density at radius 3 is 1.93 bits per heavy atom. The zero-order valence-electron chi connectivity index (χ0n) is 15.2. The van der Waals surface area contributed by atoms with Gasteiger partial charge in [0.05, 0.1) is 16.4 Å². The van der Waals surface area contributed by atoms with E-state index in [0.29, 0.717) is 25.7 Å². The van der Waals surface area contributed by atoms with Crippen molar-refractivity contribution in [3.05, 3.63) is 23.3 Å². The maximum absolute atomic E-state index is 12.6. The van der Waals surface area contributed by atoms with Gasteiger partial charge in [-0.2, -0.15) is 0 Å². The molecule has 0 heterocycles. The molecule has 0 aromatic heterocycles. The van der Waals surface area contributed by atoms with E-state index in [1.807, 2.05) is 0 Å². The smallest absolute Gasteiger partial charge is 0.335 e. The van der Waals surface area contributed by atoms with Crippen LogP contribution in [0.25, 0.3) is 0 Å². The average Bonchev–Trinajstić information content (AvgIpc) is 2.59. The minimum absolute atomic E-state index is 0.0643. The lowest BCUT2D eigenvalue weighted by Crippen LogP contribution is -2.62. The summed E-state index contributed by atoms with van der Waals surface area (Å²) in [7, 11) is 0. The molecule has 150 valence electrons. The van der Waals surface area contributed by atoms with Crippen LogP contribution in [0, 0.1) is 28.1 Å². The Bertz CT molecular complexity index is 851. The molecular weight excluding hydrogens is 368 g/mol. The van der Waals surface area contributed by atoms with Crippen molar-refractivity contribution in [3.63, 3.8) is 0 Å². The first-order valence-corrected chi connectivity index (χ1v) is 9.39. The van der Waals surface area contributed by atoms with Crippen LogP contribution < -0.4 is 0 Å². The molecule has 3 unspecified atom stereocenters. The van der Waals surface area contributed by atoms with Gasteiger partial charge in [0.25, 0.3) is 0 Å². The molecule has 4 fully saturated rings. The second-order valence-electron chi connectivity index (χ2n) is 9.16. The number of carbonyl (C=O) groups is 4. The Morgan fingerprint density at radius 2 is 1.46 bits per heavy atom. The van der Waals surface area contributed by atoms with Crippen molar-refractivity contribution < 1.29 is 39.6 Å². The summed E-state index contributed by atoms with van der Waals surface area (Å²) in [6, 6.07) is 0. The molecule has 0 spiro atoms. The van der Waals surface area contributed by atoms with Crippen LogP contribution >= 0.6 is 0 Å².